The van der Waals surface area contributed by atoms with Crippen molar-refractivity contribution in [3.8, 4) is 0 Å². The fourth-order valence-corrected chi connectivity index (χ4v) is 2.55. The molecule has 0 aliphatic carbocycles. The molecule has 2 fully saturated rings. The molecule has 17 heavy (non-hydrogen) atoms. The van der Waals surface area contributed by atoms with Gasteiger partial charge in [-0.15, -0.1) is 0 Å². The van der Waals surface area contributed by atoms with Crippen LogP contribution in [0.5, 0.6) is 0 Å². The molecule has 0 spiro atoms. The minimum Gasteiger partial charge on any atom is -0.384 e. The van der Waals surface area contributed by atoms with Crippen LogP contribution in [0.1, 0.15) is 19.3 Å². The van der Waals surface area contributed by atoms with Gasteiger partial charge in [0.05, 0.1) is 12.8 Å². The summed E-state index contributed by atoms with van der Waals surface area (Å²) in [7, 11) is 1.67. The molecule has 0 aromatic carbocycles. The zero-order valence-electron chi connectivity index (χ0n) is 10.4. The Morgan fingerprint density at radius 1 is 1.47 bits per heavy atom. The molecule has 2 aliphatic rings. The first-order valence-corrected chi connectivity index (χ1v) is 6.34. The van der Waals surface area contributed by atoms with E-state index in [1.165, 1.54) is 0 Å². The lowest BCUT2D eigenvalue weighted by Gasteiger charge is -2.46. The Bertz CT molecular complexity index is 266. The summed E-state index contributed by atoms with van der Waals surface area (Å²) in [6.45, 7) is 2.96. The van der Waals surface area contributed by atoms with Gasteiger partial charge in [0.25, 0.3) is 0 Å². The van der Waals surface area contributed by atoms with E-state index in [1.54, 1.807) is 12.0 Å². The standard InChI is InChI=1S/C12H22N2O3/c1-16-8-10-7-14(12(10)13)11(15)6-9-2-4-17-5-3-9/h9-10,12H,2-8,13H2,1H3. The number of hydrogen-bond acceptors (Lipinski definition) is 4. The molecule has 2 unspecified atom stereocenters. The highest BCUT2D eigenvalue weighted by molar-refractivity contribution is 5.77. The first-order valence-electron chi connectivity index (χ1n) is 6.34. The lowest BCUT2D eigenvalue weighted by atomic mass is 9.92. The van der Waals surface area contributed by atoms with Gasteiger partial charge in [-0.3, -0.25) is 4.79 Å². The molecule has 2 aliphatic heterocycles. The number of ether oxygens (including phenoxy) is 2. The Morgan fingerprint density at radius 3 is 2.76 bits per heavy atom. The van der Waals surface area contributed by atoms with Crippen LogP contribution in [0.25, 0.3) is 0 Å². The van der Waals surface area contributed by atoms with Crippen molar-refractivity contribution in [1.29, 1.82) is 0 Å². The lowest BCUT2D eigenvalue weighted by molar-refractivity contribution is -0.147. The summed E-state index contributed by atoms with van der Waals surface area (Å²) < 4.78 is 10.3. The summed E-state index contributed by atoms with van der Waals surface area (Å²) in [6, 6.07) is 0. The fraction of sp³-hybridized carbons (Fsp3) is 0.917. The molecular weight excluding hydrogens is 220 g/mol. The molecule has 0 aromatic heterocycles. The summed E-state index contributed by atoms with van der Waals surface area (Å²) >= 11 is 0. The molecule has 5 nitrogen and oxygen atoms in total. The van der Waals surface area contributed by atoms with Crippen molar-refractivity contribution < 1.29 is 14.3 Å². The number of methoxy groups -OCH3 is 1. The molecule has 2 N–H and O–H groups in total. The number of nitrogens with zero attached hydrogens (tertiary/aromatic N) is 1. The molecule has 1 amide bonds. The van der Waals surface area contributed by atoms with Crippen molar-refractivity contribution >= 4 is 5.91 Å². The van der Waals surface area contributed by atoms with Crippen LogP contribution < -0.4 is 5.73 Å². The van der Waals surface area contributed by atoms with Crippen molar-refractivity contribution in [3.05, 3.63) is 0 Å². The largest absolute Gasteiger partial charge is 0.384 e. The first-order chi connectivity index (χ1) is 8.22. The van der Waals surface area contributed by atoms with Crippen molar-refractivity contribution in [1.82, 2.24) is 4.90 Å². The zero-order chi connectivity index (χ0) is 12.3. The number of carbonyl (C=O) groups is 1. The second-order valence-electron chi connectivity index (χ2n) is 5.01. The number of amides is 1. The zero-order valence-corrected chi connectivity index (χ0v) is 10.4. The summed E-state index contributed by atoms with van der Waals surface area (Å²) in [5.41, 5.74) is 5.96. The van der Waals surface area contributed by atoms with Gasteiger partial charge in [-0.25, -0.2) is 0 Å². The van der Waals surface area contributed by atoms with Crippen LogP contribution in [0.3, 0.4) is 0 Å². The highest BCUT2D eigenvalue weighted by atomic mass is 16.5. The molecule has 98 valence electrons. The SMILES string of the molecule is COCC1CN(C(=O)CC2CCOCC2)C1N. The average Bonchev–Trinajstić information content (AvgIpc) is 2.34. The van der Waals surface area contributed by atoms with Gasteiger partial charge in [-0.2, -0.15) is 0 Å². The van der Waals surface area contributed by atoms with E-state index in [0.29, 0.717) is 24.9 Å². The number of carbonyl (C=O) groups excluding carboxylic acids is 1. The third kappa shape index (κ3) is 2.97. The predicted octanol–water partition coefficient (Wildman–Crippen LogP) is 0.193. The van der Waals surface area contributed by atoms with Crippen LogP contribution in [0.4, 0.5) is 0 Å². The van der Waals surface area contributed by atoms with Crippen LogP contribution in [0, 0.1) is 11.8 Å². The van der Waals surface area contributed by atoms with E-state index in [9.17, 15) is 4.79 Å². The van der Waals surface area contributed by atoms with Gasteiger partial charge in [0.1, 0.15) is 0 Å². The van der Waals surface area contributed by atoms with Gasteiger partial charge in [0, 0.05) is 39.2 Å². The topological polar surface area (TPSA) is 64.8 Å². The third-order valence-corrected chi connectivity index (χ3v) is 3.78. The molecule has 2 atom stereocenters. The first kappa shape index (κ1) is 12.8. The van der Waals surface area contributed by atoms with E-state index in [1.807, 2.05) is 0 Å². The van der Waals surface area contributed by atoms with Crippen molar-refractivity contribution in [3.63, 3.8) is 0 Å². The summed E-state index contributed by atoms with van der Waals surface area (Å²) in [4.78, 5) is 13.8. The number of likely N-dealkylation sites (tertiary alicyclic amines) is 1. The Kier molecular flexibility index (Phi) is 4.36. The minimum atomic E-state index is -0.151. The normalized spacial score (nSPS) is 30.1. The maximum Gasteiger partial charge on any atom is 0.224 e. The second kappa shape index (κ2) is 5.80. The predicted molar refractivity (Wildman–Crippen MR) is 63.2 cm³/mol. The van der Waals surface area contributed by atoms with E-state index < -0.39 is 0 Å². The fourth-order valence-electron chi connectivity index (χ4n) is 2.55. The number of nitrogens with two attached hydrogens (primary N) is 1. The molecule has 5 heteroatoms. The van der Waals surface area contributed by atoms with Crippen molar-refractivity contribution in [2.24, 2.45) is 17.6 Å². The van der Waals surface area contributed by atoms with Crippen LogP contribution in [-0.2, 0) is 14.3 Å². The van der Waals surface area contributed by atoms with Gasteiger partial charge in [-0.1, -0.05) is 0 Å². The van der Waals surface area contributed by atoms with E-state index in [-0.39, 0.29) is 12.1 Å². The lowest BCUT2D eigenvalue weighted by Crippen LogP contribution is -2.64. The van der Waals surface area contributed by atoms with Gasteiger partial charge in [-0.05, 0) is 18.8 Å². The summed E-state index contributed by atoms with van der Waals surface area (Å²) in [5.74, 6) is 0.973. The quantitative estimate of drug-likeness (QED) is 0.764. The van der Waals surface area contributed by atoms with E-state index >= 15 is 0 Å². The second-order valence-corrected chi connectivity index (χ2v) is 5.01. The maximum atomic E-state index is 12.0. The number of rotatable bonds is 4. The minimum absolute atomic E-state index is 0.151. The summed E-state index contributed by atoms with van der Waals surface area (Å²) in [5, 5.41) is 0. The summed E-state index contributed by atoms with van der Waals surface area (Å²) in [6.07, 6.45) is 2.46. The Balaban J connectivity index is 1.73. The smallest absolute Gasteiger partial charge is 0.224 e. The van der Waals surface area contributed by atoms with Crippen LogP contribution in [0.15, 0.2) is 0 Å². The highest BCUT2D eigenvalue weighted by Gasteiger charge is 2.39. The van der Waals surface area contributed by atoms with Crippen LogP contribution in [-0.4, -0.2) is 50.4 Å². The Labute approximate surface area is 102 Å². The van der Waals surface area contributed by atoms with Gasteiger partial charge in [0.15, 0.2) is 0 Å². The third-order valence-electron chi connectivity index (χ3n) is 3.78. The van der Waals surface area contributed by atoms with E-state index in [0.717, 1.165) is 32.6 Å². The van der Waals surface area contributed by atoms with Gasteiger partial charge < -0.3 is 20.1 Å². The van der Waals surface area contributed by atoms with Crippen LogP contribution >= 0.6 is 0 Å². The molecule has 0 aromatic rings. The van der Waals surface area contributed by atoms with Gasteiger partial charge >= 0.3 is 0 Å². The Morgan fingerprint density at radius 2 is 2.18 bits per heavy atom. The van der Waals surface area contributed by atoms with E-state index in [2.05, 4.69) is 0 Å². The average molecular weight is 242 g/mol. The maximum absolute atomic E-state index is 12.0. The van der Waals surface area contributed by atoms with Crippen LogP contribution in [0.2, 0.25) is 0 Å². The molecule has 2 saturated heterocycles. The van der Waals surface area contributed by atoms with Crippen molar-refractivity contribution in [2.45, 2.75) is 25.4 Å². The molecule has 0 saturated carbocycles. The molecule has 2 rings (SSSR count). The molecule has 0 radical (unpaired) electrons. The monoisotopic (exact) mass is 242 g/mol. The molecule has 0 bridgehead atoms. The molecular formula is C12H22N2O3. The van der Waals surface area contributed by atoms with E-state index in [4.69, 9.17) is 15.2 Å². The number of hydrogen-bond donors (Lipinski definition) is 1. The highest BCUT2D eigenvalue weighted by Crippen LogP contribution is 2.25. The molecule has 2 heterocycles. The van der Waals surface area contributed by atoms with Gasteiger partial charge in [0.2, 0.25) is 5.91 Å². The van der Waals surface area contributed by atoms with Crippen molar-refractivity contribution in [2.75, 3.05) is 33.5 Å². The Hall–Kier alpha value is -0.650.